The first-order valence-corrected chi connectivity index (χ1v) is 10.2. The van der Waals surface area contributed by atoms with Crippen LogP contribution in [0.4, 0.5) is 5.13 Å². The van der Waals surface area contributed by atoms with Crippen LogP contribution >= 0.6 is 23.1 Å². The summed E-state index contributed by atoms with van der Waals surface area (Å²) >= 11 is 2.95. The lowest BCUT2D eigenvalue weighted by Crippen LogP contribution is -2.40. The highest BCUT2D eigenvalue weighted by Gasteiger charge is 2.28. The Kier molecular flexibility index (Phi) is 5.26. The number of rotatable bonds is 5. The van der Waals surface area contributed by atoms with Crippen LogP contribution < -0.4 is 14.8 Å². The number of nitrogens with zero attached hydrogens (tertiary/aromatic N) is 2. The molecule has 6 nitrogen and oxygen atoms in total. The second-order valence-corrected chi connectivity index (χ2v) is 8.14. The van der Waals surface area contributed by atoms with Crippen molar-refractivity contribution in [2.45, 2.75) is 23.1 Å². The number of anilines is 1. The van der Waals surface area contributed by atoms with Crippen molar-refractivity contribution in [3.63, 3.8) is 0 Å². The number of aromatic nitrogens is 2. The van der Waals surface area contributed by atoms with Crippen LogP contribution in [0.2, 0.25) is 0 Å². The van der Waals surface area contributed by atoms with E-state index in [1.54, 1.807) is 17.8 Å². The predicted molar refractivity (Wildman–Crippen MR) is 106 cm³/mol. The van der Waals surface area contributed by atoms with E-state index < -0.39 is 6.10 Å². The van der Waals surface area contributed by atoms with Gasteiger partial charge in [-0.15, -0.1) is 10.2 Å². The number of aryl methyl sites for hydroxylation is 1. The van der Waals surface area contributed by atoms with Gasteiger partial charge in [0.15, 0.2) is 15.8 Å². The zero-order chi connectivity index (χ0) is 18.6. The molecule has 0 bridgehead atoms. The minimum Gasteiger partial charge on any atom is -0.485 e. The zero-order valence-corrected chi connectivity index (χ0v) is 16.2. The Hall–Kier alpha value is -2.58. The molecule has 1 amide bonds. The molecule has 1 N–H and O–H groups in total. The van der Waals surface area contributed by atoms with Crippen molar-refractivity contribution >= 4 is 34.1 Å². The number of amides is 1. The van der Waals surface area contributed by atoms with Crippen LogP contribution in [0, 0.1) is 6.92 Å². The van der Waals surface area contributed by atoms with Gasteiger partial charge in [0.1, 0.15) is 6.61 Å². The molecule has 0 spiro atoms. The molecule has 2 heterocycles. The Labute approximate surface area is 164 Å². The fourth-order valence-corrected chi connectivity index (χ4v) is 4.40. The van der Waals surface area contributed by atoms with Gasteiger partial charge in [0.05, 0.1) is 0 Å². The lowest BCUT2D eigenvalue weighted by Gasteiger charge is -2.25. The van der Waals surface area contributed by atoms with Crippen molar-refractivity contribution in [1.82, 2.24) is 10.2 Å². The van der Waals surface area contributed by atoms with Gasteiger partial charge in [-0.1, -0.05) is 59.5 Å². The van der Waals surface area contributed by atoms with Crippen molar-refractivity contribution in [2.24, 2.45) is 0 Å². The third kappa shape index (κ3) is 4.23. The third-order valence-electron chi connectivity index (χ3n) is 4.05. The highest BCUT2D eigenvalue weighted by Crippen LogP contribution is 2.32. The number of carbonyl (C=O) groups excluding carboxylic acids is 1. The van der Waals surface area contributed by atoms with Gasteiger partial charge in [0.25, 0.3) is 5.91 Å². The van der Waals surface area contributed by atoms with Gasteiger partial charge in [-0.25, -0.2) is 0 Å². The van der Waals surface area contributed by atoms with E-state index in [0.717, 1.165) is 10.1 Å². The first-order chi connectivity index (χ1) is 13.2. The SMILES string of the molecule is Cc1ccccc1CSc1nnc(NC(=O)[C@H]2COc3ccccc3O2)s1. The van der Waals surface area contributed by atoms with E-state index in [1.165, 1.54) is 22.5 Å². The number of benzene rings is 2. The highest BCUT2D eigenvalue weighted by molar-refractivity contribution is 8.00. The van der Waals surface area contributed by atoms with E-state index in [-0.39, 0.29) is 12.5 Å². The Morgan fingerprint density at radius 1 is 1.19 bits per heavy atom. The summed E-state index contributed by atoms with van der Waals surface area (Å²) < 4.78 is 12.1. The number of fused-ring (bicyclic) bond motifs is 1. The average molecular weight is 399 g/mol. The Morgan fingerprint density at radius 2 is 1.96 bits per heavy atom. The summed E-state index contributed by atoms with van der Waals surface area (Å²) in [6.07, 6.45) is -0.716. The number of thioether (sulfide) groups is 1. The molecule has 1 aliphatic heterocycles. The van der Waals surface area contributed by atoms with Gasteiger partial charge in [0.2, 0.25) is 11.2 Å². The summed E-state index contributed by atoms with van der Waals surface area (Å²) in [5.74, 6) is 1.73. The summed E-state index contributed by atoms with van der Waals surface area (Å²) in [4.78, 5) is 12.4. The predicted octanol–water partition coefficient (Wildman–Crippen LogP) is 3.92. The van der Waals surface area contributed by atoms with Crippen molar-refractivity contribution < 1.29 is 14.3 Å². The van der Waals surface area contributed by atoms with Crippen LogP contribution in [0.25, 0.3) is 0 Å². The Morgan fingerprint density at radius 3 is 2.81 bits per heavy atom. The second kappa shape index (κ2) is 7.98. The number of hydrogen-bond acceptors (Lipinski definition) is 7. The second-order valence-electron chi connectivity index (χ2n) is 5.94. The van der Waals surface area contributed by atoms with E-state index in [4.69, 9.17) is 9.47 Å². The first kappa shape index (κ1) is 17.8. The van der Waals surface area contributed by atoms with Crippen molar-refractivity contribution in [2.75, 3.05) is 11.9 Å². The molecule has 138 valence electrons. The topological polar surface area (TPSA) is 73.3 Å². The molecule has 0 fully saturated rings. The fourth-order valence-electron chi connectivity index (χ4n) is 2.56. The maximum Gasteiger partial charge on any atom is 0.270 e. The molecule has 0 unspecified atom stereocenters. The maximum absolute atomic E-state index is 12.4. The van der Waals surface area contributed by atoms with E-state index in [2.05, 4.69) is 34.6 Å². The van der Waals surface area contributed by atoms with E-state index >= 15 is 0 Å². The van der Waals surface area contributed by atoms with Crippen LogP contribution in [0.15, 0.2) is 52.9 Å². The molecule has 4 rings (SSSR count). The van der Waals surface area contributed by atoms with E-state index in [1.807, 2.05) is 30.3 Å². The zero-order valence-electron chi connectivity index (χ0n) is 14.5. The molecule has 0 radical (unpaired) electrons. The molecular weight excluding hydrogens is 382 g/mol. The fraction of sp³-hybridized carbons (Fsp3) is 0.211. The van der Waals surface area contributed by atoms with Gasteiger partial charge in [0, 0.05) is 5.75 Å². The molecule has 1 atom stereocenters. The normalized spacial score (nSPS) is 15.4. The molecule has 0 saturated heterocycles. The minimum atomic E-state index is -0.716. The van der Waals surface area contributed by atoms with Gasteiger partial charge < -0.3 is 9.47 Å². The van der Waals surface area contributed by atoms with E-state index in [9.17, 15) is 4.79 Å². The van der Waals surface area contributed by atoms with E-state index in [0.29, 0.717) is 16.6 Å². The number of ether oxygens (including phenoxy) is 2. The van der Waals surface area contributed by atoms with Crippen molar-refractivity contribution in [3.05, 3.63) is 59.7 Å². The average Bonchev–Trinajstić information content (AvgIpc) is 3.14. The maximum atomic E-state index is 12.4. The molecule has 0 aliphatic carbocycles. The number of para-hydroxylation sites is 2. The lowest BCUT2D eigenvalue weighted by atomic mass is 10.1. The summed E-state index contributed by atoms with van der Waals surface area (Å²) in [6, 6.07) is 15.5. The molecule has 27 heavy (non-hydrogen) atoms. The number of nitrogens with one attached hydrogen (secondary N) is 1. The molecule has 0 saturated carbocycles. The standard InChI is InChI=1S/C19H17N3O3S2/c1-12-6-2-3-7-13(12)11-26-19-22-21-18(27-19)20-17(23)16-10-24-14-8-4-5-9-15(14)25-16/h2-9,16H,10-11H2,1H3,(H,20,21,23)/t16-/m1/s1. The largest absolute Gasteiger partial charge is 0.485 e. The van der Waals surface area contributed by atoms with Crippen molar-refractivity contribution in [1.29, 1.82) is 0 Å². The van der Waals surface area contributed by atoms with Gasteiger partial charge >= 0.3 is 0 Å². The number of carbonyl (C=O) groups is 1. The van der Waals surface area contributed by atoms with Crippen LogP contribution in [-0.4, -0.2) is 28.8 Å². The smallest absolute Gasteiger partial charge is 0.270 e. The van der Waals surface area contributed by atoms with Crippen molar-refractivity contribution in [3.8, 4) is 11.5 Å². The quantitative estimate of drug-likeness (QED) is 0.518. The summed E-state index contributed by atoms with van der Waals surface area (Å²) in [5.41, 5.74) is 2.51. The van der Waals surface area contributed by atoms with Gasteiger partial charge in [-0.05, 0) is 30.2 Å². The summed E-state index contributed by atoms with van der Waals surface area (Å²) in [7, 11) is 0. The molecule has 2 aromatic carbocycles. The first-order valence-electron chi connectivity index (χ1n) is 8.39. The van der Waals surface area contributed by atoms with Crippen LogP contribution in [0.3, 0.4) is 0 Å². The molecule has 8 heteroatoms. The highest BCUT2D eigenvalue weighted by atomic mass is 32.2. The van der Waals surface area contributed by atoms with Crippen LogP contribution in [0.1, 0.15) is 11.1 Å². The lowest BCUT2D eigenvalue weighted by molar-refractivity contribution is -0.125. The molecular formula is C19H17N3O3S2. The van der Waals surface area contributed by atoms with Gasteiger partial charge in [-0.2, -0.15) is 0 Å². The summed E-state index contributed by atoms with van der Waals surface area (Å²) in [5, 5.41) is 11.4. The van der Waals surface area contributed by atoms with Crippen LogP contribution in [-0.2, 0) is 10.5 Å². The number of hydrogen-bond donors (Lipinski definition) is 1. The van der Waals surface area contributed by atoms with Crippen LogP contribution in [0.5, 0.6) is 11.5 Å². The molecule has 1 aliphatic rings. The Bertz CT molecular complexity index is 961. The van der Waals surface area contributed by atoms with Gasteiger partial charge in [-0.3, -0.25) is 10.1 Å². The third-order valence-corrected chi connectivity index (χ3v) is 6.07. The summed E-state index contributed by atoms with van der Waals surface area (Å²) in [6.45, 7) is 2.25. The molecule has 1 aromatic heterocycles. The Balaban J connectivity index is 1.34. The minimum absolute atomic E-state index is 0.163. The monoisotopic (exact) mass is 399 g/mol. The molecule has 3 aromatic rings.